The van der Waals surface area contributed by atoms with Crippen molar-refractivity contribution < 1.29 is 29.6 Å². The van der Waals surface area contributed by atoms with Crippen LogP contribution in [0.1, 0.15) is 101 Å². The summed E-state index contributed by atoms with van der Waals surface area (Å²) in [6, 6.07) is 31.0. The van der Waals surface area contributed by atoms with Crippen molar-refractivity contribution in [3.8, 4) is 11.5 Å². The Kier molecular flexibility index (Phi) is 10.0. The molecule has 4 aromatic rings. The number of carboxylic acid groups (broad SMARTS) is 2. The standard InChI is InChI=1S/C43H48N2O6/c1-27(2)45(33-23-36(24-33)51-35-14-17-39(42(47)48)40(25-35)43(49)50)26-28-18-20-44(21-19-28)32-11-8-30(9-12-32)41-37(29-6-4-3-5-7-29)15-10-31-22-34(46)13-16-38(31)41/h3-9,11-14,16-17,22,25,27-28,33,36-37,41,46H,10,15,18-21,23-24,26H2,1-2H3,(H,47,48)(H,49,50)/t33-,36-,37-,41+/m1/s1. The number of aryl methyl sites for hydroxylation is 1. The van der Waals surface area contributed by atoms with Crippen LogP contribution in [0.5, 0.6) is 11.5 Å². The Labute approximate surface area is 300 Å². The number of anilines is 1. The minimum atomic E-state index is -1.27. The number of nitrogens with zero attached hydrogens (tertiary/aromatic N) is 2. The van der Waals surface area contributed by atoms with Gasteiger partial charge in [-0.3, -0.25) is 4.90 Å². The lowest BCUT2D eigenvalue weighted by Crippen LogP contribution is -2.53. The first kappa shape index (κ1) is 34.6. The van der Waals surface area contributed by atoms with Crippen molar-refractivity contribution in [1.82, 2.24) is 4.90 Å². The van der Waals surface area contributed by atoms with Crippen molar-refractivity contribution in [1.29, 1.82) is 0 Å². The van der Waals surface area contributed by atoms with Gasteiger partial charge in [-0.25, -0.2) is 9.59 Å². The van der Waals surface area contributed by atoms with Crippen LogP contribution >= 0.6 is 0 Å². The molecule has 3 N–H and O–H groups in total. The van der Waals surface area contributed by atoms with Crippen molar-refractivity contribution in [2.24, 2.45) is 5.92 Å². The summed E-state index contributed by atoms with van der Waals surface area (Å²) in [5.41, 5.74) is 6.05. The molecule has 1 saturated carbocycles. The predicted molar refractivity (Wildman–Crippen MR) is 198 cm³/mol. The first-order valence-electron chi connectivity index (χ1n) is 18.4. The van der Waals surface area contributed by atoms with Gasteiger partial charge in [0.15, 0.2) is 0 Å². The number of phenolic OH excluding ortho intramolecular Hbond substituents is 1. The Hall–Kier alpha value is -4.82. The molecule has 266 valence electrons. The van der Waals surface area contributed by atoms with Crippen LogP contribution in [-0.4, -0.2) is 70.0 Å². The summed E-state index contributed by atoms with van der Waals surface area (Å²) in [6.45, 7) is 7.62. The molecule has 0 spiro atoms. The van der Waals surface area contributed by atoms with E-state index in [9.17, 15) is 24.9 Å². The molecule has 1 saturated heterocycles. The van der Waals surface area contributed by atoms with E-state index in [-0.39, 0.29) is 23.1 Å². The Morgan fingerprint density at radius 1 is 0.824 bits per heavy atom. The van der Waals surface area contributed by atoms with E-state index in [0.717, 1.165) is 58.2 Å². The molecule has 0 unspecified atom stereocenters. The maximum Gasteiger partial charge on any atom is 0.336 e. The van der Waals surface area contributed by atoms with Crippen molar-refractivity contribution in [3.63, 3.8) is 0 Å². The zero-order chi connectivity index (χ0) is 35.6. The van der Waals surface area contributed by atoms with E-state index in [2.05, 4.69) is 84.3 Å². The van der Waals surface area contributed by atoms with Gasteiger partial charge >= 0.3 is 11.9 Å². The molecule has 8 heteroatoms. The van der Waals surface area contributed by atoms with Gasteiger partial charge in [0.25, 0.3) is 0 Å². The average Bonchev–Trinajstić information content (AvgIpc) is 3.12. The summed E-state index contributed by atoms with van der Waals surface area (Å²) < 4.78 is 6.09. The second-order valence-electron chi connectivity index (χ2n) is 14.9. The Morgan fingerprint density at radius 3 is 2.20 bits per heavy atom. The third-order valence-electron chi connectivity index (χ3n) is 11.5. The van der Waals surface area contributed by atoms with Crippen molar-refractivity contribution >= 4 is 17.6 Å². The number of piperidine rings is 1. The highest BCUT2D eigenvalue weighted by Crippen LogP contribution is 2.47. The smallest absolute Gasteiger partial charge is 0.336 e. The largest absolute Gasteiger partial charge is 0.508 e. The molecule has 3 aliphatic rings. The minimum Gasteiger partial charge on any atom is -0.508 e. The first-order valence-corrected chi connectivity index (χ1v) is 18.4. The number of hydrogen-bond acceptors (Lipinski definition) is 6. The number of aromatic hydroxyl groups is 1. The van der Waals surface area contributed by atoms with Gasteiger partial charge in [0.2, 0.25) is 0 Å². The maximum absolute atomic E-state index is 11.6. The van der Waals surface area contributed by atoms with E-state index < -0.39 is 11.9 Å². The Balaban J connectivity index is 0.952. The molecule has 7 rings (SSSR count). The van der Waals surface area contributed by atoms with Crippen LogP contribution in [0.25, 0.3) is 0 Å². The number of hydrogen-bond donors (Lipinski definition) is 3. The van der Waals surface area contributed by atoms with Gasteiger partial charge < -0.3 is 25.0 Å². The molecule has 0 bridgehead atoms. The third-order valence-corrected chi connectivity index (χ3v) is 11.5. The number of phenols is 1. The van der Waals surface area contributed by atoms with Crippen LogP contribution in [0, 0.1) is 5.92 Å². The predicted octanol–water partition coefficient (Wildman–Crippen LogP) is 8.19. The zero-order valence-electron chi connectivity index (χ0n) is 29.4. The molecule has 2 fully saturated rings. The monoisotopic (exact) mass is 688 g/mol. The topological polar surface area (TPSA) is 111 Å². The SMILES string of the molecule is CC(C)N(CC1CCN(c2ccc([C@@H]3c4ccc(O)cc4CC[C@@H]3c3ccccc3)cc2)CC1)[C@H]1C[C@H](Oc2ccc(C(=O)O)c(C(=O)O)c2)C1. The molecule has 2 aliphatic carbocycles. The molecular formula is C43H48N2O6. The fourth-order valence-electron chi connectivity index (χ4n) is 8.68. The van der Waals surface area contributed by atoms with Crippen LogP contribution in [0.15, 0.2) is 91.0 Å². The molecule has 2 atom stereocenters. The first-order chi connectivity index (χ1) is 24.6. The summed E-state index contributed by atoms with van der Waals surface area (Å²) in [5.74, 6) is -0.546. The maximum atomic E-state index is 11.6. The molecule has 0 radical (unpaired) electrons. The summed E-state index contributed by atoms with van der Waals surface area (Å²) in [5, 5.41) is 29.0. The highest BCUT2D eigenvalue weighted by molar-refractivity contribution is 6.02. The van der Waals surface area contributed by atoms with Gasteiger partial charge in [-0.2, -0.15) is 0 Å². The lowest BCUT2D eigenvalue weighted by Gasteiger charge is -2.46. The van der Waals surface area contributed by atoms with Gasteiger partial charge in [-0.05, 0) is 116 Å². The number of rotatable bonds is 11. The summed E-state index contributed by atoms with van der Waals surface area (Å²) in [4.78, 5) is 28.1. The average molecular weight is 689 g/mol. The lowest BCUT2D eigenvalue weighted by molar-refractivity contribution is -0.00663. The Morgan fingerprint density at radius 2 is 1.53 bits per heavy atom. The second-order valence-corrected chi connectivity index (χ2v) is 14.9. The number of ether oxygens (including phenoxy) is 1. The number of fused-ring (bicyclic) bond motifs is 1. The number of benzene rings is 4. The van der Waals surface area contributed by atoms with E-state index in [4.69, 9.17) is 4.74 Å². The number of carboxylic acids is 2. The fourth-order valence-corrected chi connectivity index (χ4v) is 8.68. The molecule has 51 heavy (non-hydrogen) atoms. The van der Waals surface area contributed by atoms with E-state index in [1.54, 1.807) is 6.07 Å². The molecule has 8 nitrogen and oxygen atoms in total. The minimum absolute atomic E-state index is 0.0180. The highest BCUT2D eigenvalue weighted by atomic mass is 16.5. The molecule has 1 heterocycles. The second kappa shape index (κ2) is 14.8. The third kappa shape index (κ3) is 7.47. The van der Waals surface area contributed by atoms with Gasteiger partial charge in [0.1, 0.15) is 17.6 Å². The van der Waals surface area contributed by atoms with E-state index in [1.165, 1.54) is 40.1 Å². The molecule has 0 aromatic heterocycles. The lowest BCUT2D eigenvalue weighted by atomic mass is 9.69. The number of aromatic carboxylic acids is 2. The van der Waals surface area contributed by atoms with E-state index in [0.29, 0.717) is 35.4 Å². The highest BCUT2D eigenvalue weighted by Gasteiger charge is 2.38. The molecule has 4 aromatic carbocycles. The van der Waals surface area contributed by atoms with Gasteiger partial charge in [0.05, 0.1) is 11.1 Å². The zero-order valence-corrected chi connectivity index (χ0v) is 29.4. The summed E-state index contributed by atoms with van der Waals surface area (Å²) in [6.07, 6.45) is 6.01. The van der Waals surface area contributed by atoms with E-state index in [1.807, 2.05) is 12.1 Å². The Bertz CT molecular complexity index is 1840. The molecule has 0 amide bonds. The van der Waals surface area contributed by atoms with Gasteiger partial charge in [-0.1, -0.05) is 48.5 Å². The van der Waals surface area contributed by atoms with Crippen LogP contribution in [-0.2, 0) is 6.42 Å². The van der Waals surface area contributed by atoms with Crippen LogP contribution in [0.3, 0.4) is 0 Å². The quantitative estimate of drug-likeness (QED) is 0.145. The van der Waals surface area contributed by atoms with Crippen molar-refractivity contribution in [2.75, 3.05) is 24.5 Å². The van der Waals surface area contributed by atoms with E-state index >= 15 is 0 Å². The number of carbonyl (C=O) groups is 2. The summed E-state index contributed by atoms with van der Waals surface area (Å²) in [7, 11) is 0. The fraction of sp³-hybridized carbons (Fsp3) is 0.395. The molecule has 1 aliphatic heterocycles. The van der Waals surface area contributed by atoms with Crippen LogP contribution in [0.4, 0.5) is 5.69 Å². The van der Waals surface area contributed by atoms with Crippen molar-refractivity contribution in [3.05, 3.63) is 124 Å². The summed E-state index contributed by atoms with van der Waals surface area (Å²) >= 11 is 0. The van der Waals surface area contributed by atoms with Crippen LogP contribution < -0.4 is 9.64 Å². The molecular weight excluding hydrogens is 640 g/mol. The van der Waals surface area contributed by atoms with Crippen molar-refractivity contribution in [2.45, 2.75) is 82.4 Å². The van der Waals surface area contributed by atoms with Gasteiger partial charge in [-0.15, -0.1) is 0 Å². The van der Waals surface area contributed by atoms with Crippen LogP contribution in [0.2, 0.25) is 0 Å². The van der Waals surface area contributed by atoms with Gasteiger partial charge in [0, 0.05) is 56.2 Å². The normalized spacial score (nSPS) is 22.0.